The Morgan fingerprint density at radius 1 is 1.32 bits per heavy atom. The van der Waals surface area contributed by atoms with Gasteiger partial charge < -0.3 is 14.9 Å². The number of hydrogen-bond acceptors (Lipinski definition) is 5. The first-order chi connectivity index (χ1) is 8.74. The fourth-order valence-electron chi connectivity index (χ4n) is 1.66. The van der Waals surface area contributed by atoms with Gasteiger partial charge in [-0.2, -0.15) is 0 Å². The highest BCUT2D eigenvalue weighted by atomic mass is 16.3. The molecule has 0 aromatic carbocycles. The summed E-state index contributed by atoms with van der Waals surface area (Å²) in [5.41, 5.74) is -0.497. The van der Waals surface area contributed by atoms with Gasteiger partial charge in [-0.3, -0.25) is 4.79 Å². The summed E-state index contributed by atoms with van der Waals surface area (Å²) in [5, 5.41) is 17.8. The standard InChI is InChI=1S/C13H22N4O2/c1-6-17(9-13(2,3)19)11-8-7-10(14-15-11)12(18)16(4)5/h7-8,19H,6,9H2,1-5H3. The Kier molecular flexibility index (Phi) is 4.83. The predicted octanol–water partition coefficient (Wildman–Crippen LogP) is 0.776. The third-order valence-electron chi connectivity index (χ3n) is 2.56. The molecule has 0 saturated carbocycles. The SMILES string of the molecule is CCN(CC(C)(C)O)c1ccc(C(=O)N(C)C)nn1. The number of carbonyl (C=O) groups is 1. The van der Waals surface area contributed by atoms with Crippen LogP contribution < -0.4 is 4.90 Å². The minimum absolute atomic E-state index is 0.176. The van der Waals surface area contributed by atoms with Crippen LogP contribution in [0.2, 0.25) is 0 Å². The molecule has 0 aliphatic heterocycles. The van der Waals surface area contributed by atoms with Crippen LogP contribution >= 0.6 is 0 Å². The topological polar surface area (TPSA) is 69.6 Å². The number of aliphatic hydroxyl groups is 1. The molecule has 0 radical (unpaired) electrons. The molecule has 19 heavy (non-hydrogen) atoms. The van der Waals surface area contributed by atoms with E-state index in [1.165, 1.54) is 4.90 Å². The second kappa shape index (κ2) is 5.97. The van der Waals surface area contributed by atoms with Gasteiger partial charge in [-0.25, -0.2) is 0 Å². The van der Waals surface area contributed by atoms with Crippen molar-refractivity contribution < 1.29 is 9.90 Å². The Morgan fingerprint density at radius 3 is 2.32 bits per heavy atom. The molecule has 106 valence electrons. The van der Waals surface area contributed by atoms with Gasteiger partial charge in [-0.15, -0.1) is 10.2 Å². The minimum Gasteiger partial charge on any atom is -0.389 e. The monoisotopic (exact) mass is 266 g/mol. The van der Waals surface area contributed by atoms with Crippen molar-refractivity contribution in [3.8, 4) is 0 Å². The van der Waals surface area contributed by atoms with Gasteiger partial charge >= 0.3 is 0 Å². The van der Waals surface area contributed by atoms with Gasteiger partial charge in [0.15, 0.2) is 11.5 Å². The van der Waals surface area contributed by atoms with E-state index in [1.54, 1.807) is 40.1 Å². The maximum absolute atomic E-state index is 11.7. The Hall–Kier alpha value is -1.69. The van der Waals surface area contributed by atoms with Crippen LogP contribution in [0.4, 0.5) is 5.82 Å². The highest BCUT2D eigenvalue weighted by Gasteiger charge is 2.19. The zero-order valence-electron chi connectivity index (χ0n) is 12.2. The summed E-state index contributed by atoms with van der Waals surface area (Å²) in [6.45, 7) is 6.63. The molecule has 0 fully saturated rings. The van der Waals surface area contributed by atoms with Crippen LogP contribution in [0.3, 0.4) is 0 Å². The van der Waals surface area contributed by atoms with Gasteiger partial charge in [-0.1, -0.05) is 0 Å². The van der Waals surface area contributed by atoms with E-state index in [2.05, 4.69) is 10.2 Å². The van der Waals surface area contributed by atoms with Gasteiger partial charge in [0.1, 0.15) is 0 Å². The van der Waals surface area contributed by atoms with Gasteiger partial charge in [0.05, 0.1) is 5.60 Å². The fraction of sp³-hybridized carbons (Fsp3) is 0.615. The number of aromatic nitrogens is 2. The molecule has 1 N–H and O–H groups in total. The van der Waals surface area contributed by atoms with Crippen molar-refractivity contribution in [2.75, 3.05) is 32.1 Å². The molecule has 0 unspecified atom stereocenters. The average Bonchev–Trinajstić information content (AvgIpc) is 2.34. The Labute approximate surface area is 114 Å². The summed E-state index contributed by atoms with van der Waals surface area (Å²) in [5.74, 6) is 0.476. The molecule has 1 rings (SSSR count). The van der Waals surface area contributed by atoms with Gasteiger partial charge in [0, 0.05) is 27.2 Å². The molecule has 1 aromatic rings. The minimum atomic E-state index is -0.810. The Balaban J connectivity index is 2.88. The summed E-state index contributed by atoms with van der Waals surface area (Å²) in [7, 11) is 3.34. The van der Waals surface area contributed by atoms with Crippen LogP contribution in [0.1, 0.15) is 31.3 Å². The first-order valence-electron chi connectivity index (χ1n) is 6.27. The van der Waals surface area contributed by atoms with E-state index in [0.717, 1.165) is 0 Å². The largest absolute Gasteiger partial charge is 0.389 e. The number of nitrogens with zero attached hydrogens (tertiary/aromatic N) is 4. The summed E-state index contributed by atoms with van der Waals surface area (Å²) in [4.78, 5) is 15.1. The number of carbonyl (C=O) groups excluding carboxylic acids is 1. The van der Waals surface area contributed by atoms with Crippen molar-refractivity contribution in [2.24, 2.45) is 0 Å². The van der Waals surface area contributed by atoms with Gasteiger partial charge in [0.2, 0.25) is 0 Å². The molecule has 0 atom stereocenters. The number of hydrogen-bond donors (Lipinski definition) is 1. The molecule has 0 bridgehead atoms. The van der Waals surface area contributed by atoms with Crippen molar-refractivity contribution in [3.05, 3.63) is 17.8 Å². The molecule has 0 saturated heterocycles. The van der Waals surface area contributed by atoms with Gasteiger partial charge in [-0.05, 0) is 32.9 Å². The third kappa shape index (κ3) is 4.48. The van der Waals surface area contributed by atoms with E-state index in [-0.39, 0.29) is 5.91 Å². The lowest BCUT2D eigenvalue weighted by atomic mass is 10.1. The maximum Gasteiger partial charge on any atom is 0.273 e. The van der Waals surface area contributed by atoms with E-state index < -0.39 is 5.60 Å². The molecular weight excluding hydrogens is 244 g/mol. The van der Waals surface area contributed by atoms with Crippen molar-refractivity contribution in [2.45, 2.75) is 26.4 Å². The highest BCUT2D eigenvalue weighted by molar-refractivity contribution is 5.91. The zero-order valence-corrected chi connectivity index (χ0v) is 12.2. The van der Waals surface area contributed by atoms with E-state index in [4.69, 9.17) is 0 Å². The van der Waals surface area contributed by atoms with E-state index in [0.29, 0.717) is 24.6 Å². The number of rotatable bonds is 5. The highest BCUT2D eigenvalue weighted by Crippen LogP contribution is 2.14. The molecule has 6 heteroatoms. The van der Waals surface area contributed by atoms with Crippen molar-refractivity contribution in [1.82, 2.24) is 15.1 Å². The molecule has 0 aliphatic carbocycles. The molecule has 1 amide bonds. The summed E-state index contributed by atoms with van der Waals surface area (Å²) < 4.78 is 0. The smallest absolute Gasteiger partial charge is 0.273 e. The summed E-state index contributed by atoms with van der Waals surface area (Å²) >= 11 is 0. The molecule has 0 aliphatic rings. The van der Waals surface area contributed by atoms with E-state index >= 15 is 0 Å². The number of likely N-dealkylation sites (N-methyl/N-ethyl adjacent to an activating group) is 1. The Morgan fingerprint density at radius 2 is 1.95 bits per heavy atom. The lowest BCUT2D eigenvalue weighted by Crippen LogP contribution is -2.39. The second-order valence-corrected chi connectivity index (χ2v) is 5.30. The van der Waals surface area contributed by atoms with Crippen molar-refractivity contribution >= 4 is 11.7 Å². The van der Waals surface area contributed by atoms with Crippen molar-refractivity contribution in [1.29, 1.82) is 0 Å². The van der Waals surface area contributed by atoms with Crippen LogP contribution in [-0.4, -0.2) is 58.9 Å². The summed E-state index contributed by atoms with van der Waals surface area (Å²) in [6.07, 6.45) is 0. The lowest BCUT2D eigenvalue weighted by molar-refractivity contribution is 0.0818. The van der Waals surface area contributed by atoms with Crippen LogP contribution in [0.15, 0.2) is 12.1 Å². The fourth-order valence-corrected chi connectivity index (χ4v) is 1.66. The number of amides is 1. The Bertz CT molecular complexity index is 423. The molecule has 6 nitrogen and oxygen atoms in total. The number of anilines is 1. The van der Waals surface area contributed by atoms with Crippen LogP contribution in [0.25, 0.3) is 0 Å². The van der Waals surface area contributed by atoms with Crippen LogP contribution in [-0.2, 0) is 0 Å². The first-order valence-corrected chi connectivity index (χ1v) is 6.27. The third-order valence-corrected chi connectivity index (χ3v) is 2.56. The average molecular weight is 266 g/mol. The predicted molar refractivity (Wildman–Crippen MR) is 74.2 cm³/mol. The maximum atomic E-state index is 11.7. The second-order valence-electron chi connectivity index (χ2n) is 5.30. The van der Waals surface area contributed by atoms with Gasteiger partial charge in [0.25, 0.3) is 5.91 Å². The van der Waals surface area contributed by atoms with E-state index in [1.807, 2.05) is 11.8 Å². The normalized spacial score (nSPS) is 11.3. The van der Waals surface area contributed by atoms with Crippen molar-refractivity contribution in [3.63, 3.8) is 0 Å². The molecular formula is C13H22N4O2. The quantitative estimate of drug-likeness (QED) is 0.852. The van der Waals surface area contributed by atoms with Crippen LogP contribution in [0.5, 0.6) is 0 Å². The van der Waals surface area contributed by atoms with E-state index in [9.17, 15) is 9.90 Å². The molecule has 1 heterocycles. The first kappa shape index (κ1) is 15.4. The molecule has 1 aromatic heterocycles. The molecule has 0 spiro atoms. The van der Waals surface area contributed by atoms with Crippen LogP contribution in [0, 0.1) is 0 Å². The lowest BCUT2D eigenvalue weighted by Gasteiger charge is -2.28. The zero-order chi connectivity index (χ0) is 14.6. The summed E-state index contributed by atoms with van der Waals surface area (Å²) in [6, 6.07) is 3.40.